The van der Waals surface area contributed by atoms with Gasteiger partial charge in [0.25, 0.3) is 0 Å². The number of pyridine rings is 1. The van der Waals surface area contributed by atoms with Gasteiger partial charge in [0.2, 0.25) is 6.79 Å². The Morgan fingerprint density at radius 3 is 2.75 bits per heavy atom. The van der Waals surface area contributed by atoms with Crippen LogP contribution in [0.15, 0.2) is 23.3 Å². The third kappa shape index (κ3) is 3.19. The van der Waals surface area contributed by atoms with E-state index < -0.39 is 11.7 Å². The fraction of sp³-hybridized carbons (Fsp3) is 0.0714. The molecule has 1 aliphatic rings. The van der Waals surface area contributed by atoms with E-state index in [1.54, 1.807) is 18.2 Å². The number of nitrogens with zero attached hydrogens (tertiary/aromatic N) is 2. The van der Waals surface area contributed by atoms with Crippen LogP contribution in [-0.4, -0.2) is 29.1 Å². The van der Waals surface area contributed by atoms with Gasteiger partial charge in [-0.1, -0.05) is 34.8 Å². The number of anilines is 1. The lowest BCUT2D eigenvalue weighted by Crippen LogP contribution is -2.05. The molecule has 124 valence electrons. The molecule has 0 bridgehead atoms. The summed E-state index contributed by atoms with van der Waals surface area (Å²) in [6.07, 6.45) is 1.48. The summed E-state index contributed by atoms with van der Waals surface area (Å²) in [6, 6.07) is 5.25. The lowest BCUT2D eigenvalue weighted by atomic mass is 10.2. The molecule has 0 atom stereocenters. The number of aromatic carboxylic acids is 1. The highest BCUT2D eigenvalue weighted by Crippen LogP contribution is 2.37. The van der Waals surface area contributed by atoms with Crippen LogP contribution in [0.2, 0.25) is 15.2 Å². The summed E-state index contributed by atoms with van der Waals surface area (Å²) in [5.41, 5.74) is 2.92. The molecule has 0 unspecified atom stereocenters. The van der Waals surface area contributed by atoms with Crippen molar-refractivity contribution in [3.8, 4) is 11.5 Å². The number of fused-ring (bicyclic) bond motifs is 1. The van der Waals surface area contributed by atoms with Gasteiger partial charge in [0.05, 0.1) is 11.9 Å². The van der Waals surface area contributed by atoms with Crippen LogP contribution in [0.25, 0.3) is 0 Å². The molecular weight excluding hydrogens is 381 g/mol. The van der Waals surface area contributed by atoms with Gasteiger partial charge in [-0.2, -0.15) is 5.10 Å². The van der Waals surface area contributed by atoms with Crippen LogP contribution in [0.4, 0.5) is 5.69 Å². The fourth-order valence-electron chi connectivity index (χ4n) is 1.92. The summed E-state index contributed by atoms with van der Waals surface area (Å²) in [7, 11) is 0. The molecule has 2 heterocycles. The molecule has 10 heteroatoms. The molecule has 24 heavy (non-hydrogen) atoms. The van der Waals surface area contributed by atoms with Gasteiger partial charge in [0.15, 0.2) is 22.3 Å². The molecule has 3 rings (SSSR count). The third-order valence-electron chi connectivity index (χ3n) is 3.03. The smallest absolute Gasteiger partial charge is 0.356 e. The summed E-state index contributed by atoms with van der Waals surface area (Å²) in [4.78, 5) is 14.7. The van der Waals surface area contributed by atoms with E-state index in [4.69, 9.17) is 49.4 Å². The largest absolute Gasteiger partial charge is 0.476 e. The lowest BCUT2D eigenvalue weighted by Gasteiger charge is -2.09. The Hall–Kier alpha value is -2.22. The average Bonchev–Trinajstić information content (AvgIpc) is 3.01. The topological polar surface area (TPSA) is 93.0 Å². The summed E-state index contributed by atoms with van der Waals surface area (Å²) in [5.74, 6) is -0.0743. The zero-order chi connectivity index (χ0) is 17.3. The standard InChI is InChI=1S/C14H8Cl3N3O4/c15-9-11(10(16)13(17)19-12(9)14(21)22)20-18-4-6-1-2-7-8(3-6)24-5-23-7/h1-4H,5H2,(H,19,20)(H,21,22). The highest BCUT2D eigenvalue weighted by molar-refractivity contribution is 6.46. The first-order valence-corrected chi connectivity index (χ1v) is 7.57. The van der Waals surface area contributed by atoms with Crippen molar-refractivity contribution in [2.75, 3.05) is 12.2 Å². The number of halogens is 3. The number of hydrogen-bond acceptors (Lipinski definition) is 6. The molecule has 7 nitrogen and oxygen atoms in total. The summed E-state index contributed by atoms with van der Waals surface area (Å²) >= 11 is 17.8. The zero-order valence-corrected chi connectivity index (χ0v) is 14.0. The molecule has 0 aliphatic carbocycles. The van der Waals surface area contributed by atoms with E-state index in [0.717, 1.165) is 5.56 Å². The predicted octanol–water partition coefficient (Wildman–Crippen LogP) is 3.91. The first-order valence-electron chi connectivity index (χ1n) is 6.44. The number of benzene rings is 1. The molecule has 1 aromatic heterocycles. The molecule has 1 aliphatic heterocycles. The Morgan fingerprint density at radius 2 is 2.00 bits per heavy atom. The van der Waals surface area contributed by atoms with E-state index in [0.29, 0.717) is 11.5 Å². The van der Waals surface area contributed by atoms with E-state index in [2.05, 4.69) is 15.5 Å². The van der Waals surface area contributed by atoms with Crippen LogP contribution < -0.4 is 14.9 Å². The Morgan fingerprint density at radius 1 is 1.25 bits per heavy atom. The van der Waals surface area contributed by atoms with E-state index in [-0.39, 0.29) is 27.7 Å². The van der Waals surface area contributed by atoms with Crippen LogP contribution >= 0.6 is 34.8 Å². The van der Waals surface area contributed by atoms with Crippen LogP contribution in [0, 0.1) is 0 Å². The Balaban J connectivity index is 1.85. The van der Waals surface area contributed by atoms with Gasteiger partial charge in [-0.15, -0.1) is 0 Å². The van der Waals surface area contributed by atoms with Gasteiger partial charge < -0.3 is 14.6 Å². The van der Waals surface area contributed by atoms with Crippen LogP contribution in [0.3, 0.4) is 0 Å². The Labute approximate surface area is 150 Å². The summed E-state index contributed by atoms with van der Waals surface area (Å²) in [5, 5.41) is 12.6. The molecule has 0 saturated carbocycles. The number of ether oxygens (including phenoxy) is 2. The number of nitrogens with one attached hydrogen (secondary N) is 1. The van der Waals surface area contributed by atoms with E-state index >= 15 is 0 Å². The second kappa shape index (κ2) is 6.72. The van der Waals surface area contributed by atoms with Crippen molar-refractivity contribution in [2.24, 2.45) is 5.10 Å². The Kier molecular flexibility index (Phi) is 4.66. The van der Waals surface area contributed by atoms with E-state index in [9.17, 15) is 4.79 Å². The minimum atomic E-state index is -1.33. The summed E-state index contributed by atoms with van der Waals surface area (Å²) < 4.78 is 10.5. The first kappa shape index (κ1) is 16.6. The number of carbonyl (C=O) groups is 1. The van der Waals surface area contributed by atoms with Crippen molar-refractivity contribution in [2.45, 2.75) is 0 Å². The van der Waals surface area contributed by atoms with Crippen molar-refractivity contribution >= 4 is 52.7 Å². The molecule has 2 aromatic rings. The monoisotopic (exact) mass is 387 g/mol. The van der Waals surface area contributed by atoms with Crippen molar-refractivity contribution < 1.29 is 19.4 Å². The average molecular weight is 389 g/mol. The van der Waals surface area contributed by atoms with E-state index in [1.807, 2.05) is 0 Å². The molecule has 0 amide bonds. The SMILES string of the molecule is O=C(O)c1nc(Cl)c(Cl)c(NN=Cc2ccc3c(c2)OCO3)c1Cl. The lowest BCUT2D eigenvalue weighted by molar-refractivity contribution is 0.0691. The second-order valence-corrected chi connectivity index (χ2v) is 5.66. The van der Waals surface area contributed by atoms with Gasteiger partial charge in [0.1, 0.15) is 10.0 Å². The predicted molar refractivity (Wildman–Crippen MR) is 90.0 cm³/mol. The summed E-state index contributed by atoms with van der Waals surface area (Å²) in [6.45, 7) is 0.173. The number of hydrogen-bond donors (Lipinski definition) is 2. The van der Waals surface area contributed by atoms with Crippen molar-refractivity contribution in [1.82, 2.24) is 4.98 Å². The van der Waals surface area contributed by atoms with Gasteiger partial charge in [-0.05, 0) is 23.8 Å². The number of hydrazone groups is 1. The maximum atomic E-state index is 11.1. The second-order valence-electron chi connectivity index (χ2n) is 4.54. The van der Waals surface area contributed by atoms with Crippen molar-refractivity contribution in [1.29, 1.82) is 0 Å². The molecule has 0 saturated heterocycles. The molecule has 0 fully saturated rings. The molecule has 0 radical (unpaired) electrons. The molecular formula is C14H8Cl3N3O4. The maximum Gasteiger partial charge on any atom is 0.356 e. The number of aromatic nitrogens is 1. The fourth-order valence-corrected chi connectivity index (χ4v) is 2.59. The highest BCUT2D eigenvalue weighted by Gasteiger charge is 2.20. The maximum absolute atomic E-state index is 11.1. The molecule has 1 aromatic carbocycles. The van der Waals surface area contributed by atoms with E-state index in [1.165, 1.54) is 6.21 Å². The molecule has 0 spiro atoms. The molecule has 2 N–H and O–H groups in total. The number of rotatable bonds is 4. The minimum Gasteiger partial charge on any atom is -0.476 e. The first-order chi connectivity index (χ1) is 11.5. The highest BCUT2D eigenvalue weighted by atomic mass is 35.5. The number of carboxylic acids is 1. The van der Waals surface area contributed by atoms with Gasteiger partial charge >= 0.3 is 5.97 Å². The van der Waals surface area contributed by atoms with Crippen LogP contribution in [-0.2, 0) is 0 Å². The van der Waals surface area contributed by atoms with Gasteiger partial charge in [0, 0.05) is 0 Å². The van der Waals surface area contributed by atoms with Crippen LogP contribution in [0.1, 0.15) is 16.1 Å². The quantitative estimate of drug-likeness (QED) is 0.468. The van der Waals surface area contributed by atoms with Gasteiger partial charge in [-0.3, -0.25) is 5.43 Å². The normalized spacial score (nSPS) is 12.6. The Bertz CT molecular complexity index is 858. The number of carboxylic acid groups (broad SMARTS) is 1. The van der Waals surface area contributed by atoms with Gasteiger partial charge in [-0.25, -0.2) is 9.78 Å². The third-order valence-corrected chi connectivity index (χ3v) is 4.13. The van der Waals surface area contributed by atoms with Crippen LogP contribution in [0.5, 0.6) is 11.5 Å². The minimum absolute atomic E-state index is 0.0329. The zero-order valence-electron chi connectivity index (χ0n) is 11.7. The van der Waals surface area contributed by atoms with Crippen molar-refractivity contribution in [3.05, 3.63) is 44.7 Å². The van der Waals surface area contributed by atoms with Crippen molar-refractivity contribution in [3.63, 3.8) is 0 Å².